The summed E-state index contributed by atoms with van der Waals surface area (Å²) in [6, 6.07) is 13.9. The van der Waals surface area contributed by atoms with Crippen molar-refractivity contribution in [1.82, 2.24) is 19.6 Å². The number of alkyl halides is 6. The Kier molecular flexibility index (Phi) is 11.2. The second kappa shape index (κ2) is 15.6. The smallest absolute Gasteiger partial charge is 0.425 e. The zero-order valence-corrected chi connectivity index (χ0v) is 32.1. The molecule has 0 amide bonds. The van der Waals surface area contributed by atoms with Gasteiger partial charge in [0.15, 0.2) is 0 Å². The highest BCUT2D eigenvalue weighted by molar-refractivity contribution is 5.93. The van der Waals surface area contributed by atoms with Gasteiger partial charge >= 0.3 is 18.3 Å². The van der Waals surface area contributed by atoms with E-state index in [0.717, 1.165) is 46.0 Å². The monoisotopic (exact) mass is 890 g/mol. The third-order valence-electron chi connectivity index (χ3n) is 11.5. The van der Waals surface area contributed by atoms with E-state index < -0.39 is 108 Å². The molecule has 2 aromatic heterocycles. The minimum Gasteiger partial charge on any atom is -0.479 e. The number of hydrogen-bond acceptors (Lipinski definition) is 10. The van der Waals surface area contributed by atoms with E-state index in [2.05, 4.69) is 10.2 Å². The van der Waals surface area contributed by atoms with Gasteiger partial charge < -0.3 is 40.9 Å². The molecule has 6 aromatic rings. The Hall–Kier alpha value is -6.07. The SMILES string of the molecule is O=C(O)C(CO)(CO)n1cc(-c2cc(F)cc3c2-c2ccccc2C3(O)C(F)(F)F)cn1.OCC(CO)(CO)n1cc(-c2cc(F)cc3c2-c2ccccc2C3(O)C(F)(F)F)cn1. The Bertz CT molecular complexity index is 2720. The van der Waals surface area contributed by atoms with Crippen LogP contribution in [0.15, 0.2) is 97.6 Å². The van der Waals surface area contributed by atoms with Gasteiger partial charge in [0.1, 0.15) is 17.2 Å². The fourth-order valence-electron chi connectivity index (χ4n) is 7.97. The first-order valence-corrected chi connectivity index (χ1v) is 18.5. The van der Waals surface area contributed by atoms with E-state index >= 15 is 0 Å². The molecule has 2 aliphatic rings. The van der Waals surface area contributed by atoms with Crippen molar-refractivity contribution in [2.24, 2.45) is 0 Å². The topological polar surface area (TPSA) is 215 Å². The molecule has 21 heteroatoms. The van der Waals surface area contributed by atoms with Crippen LogP contribution in [0, 0.1) is 11.6 Å². The first-order valence-electron chi connectivity index (χ1n) is 18.5. The van der Waals surface area contributed by atoms with E-state index in [1.807, 2.05) is 0 Å². The van der Waals surface area contributed by atoms with Gasteiger partial charge in [0.2, 0.25) is 16.7 Å². The quantitative estimate of drug-likeness (QED) is 0.0905. The number of aromatic nitrogens is 4. The van der Waals surface area contributed by atoms with Crippen molar-refractivity contribution in [1.29, 1.82) is 0 Å². The van der Waals surface area contributed by atoms with Crippen LogP contribution in [0.3, 0.4) is 0 Å². The van der Waals surface area contributed by atoms with Crippen LogP contribution in [-0.2, 0) is 27.1 Å². The number of aliphatic hydroxyl groups is 7. The molecule has 4 aromatic carbocycles. The summed E-state index contributed by atoms with van der Waals surface area (Å²) in [4.78, 5) is 11.6. The lowest BCUT2D eigenvalue weighted by molar-refractivity contribution is -0.247. The van der Waals surface area contributed by atoms with Crippen LogP contribution in [0.1, 0.15) is 22.3 Å². The fourth-order valence-corrected chi connectivity index (χ4v) is 7.97. The van der Waals surface area contributed by atoms with E-state index in [-0.39, 0.29) is 44.5 Å². The van der Waals surface area contributed by atoms with Gasteiger partial charge in [-0.15, -0.1) is 0 Å². The number of rotatable bonds is 10. The molecule has 2 atom stereocenters. The summed E-state index contributed by atoms with van der Waals surface area (Å²) >= 11 is 0. The van der Waals surface area contributed by atoms with Crippen LogP contribution in [-0.4, -0.2) is 112 Å². The summed E-state index contributed by atoms with van der Waals surface area (Å²) < 4.78 is 115. The number of carbonyl (C=O) groups is 1. The molecule has 2 heterocycles. The zero-order chi connectivity index (χ0) is 46.1. The molecule has 0 radical (unpaired) electrons. The molecule has 63 heavy (non-hydrogen) atoms. The Labute approximate surface area is 349 Å². The van der Waals surface area contributed by atoms with Gasteiger partial charge in [-0.2, -0.15) is 36.5 Å². The predicted octanol–water partition coefficient (Wildman–Crippen LogP) is 4.37. The Balaban J connectivity index is 0.000000189. The number of carboxylic acid groups (broad SMARTS) is 1. The number of benzene rings is 4. The Morgan fingerprint density at radius 2 is 0.937 bits per heavy atom. The summed E-state index contributed by atoms with van der Waals surface area (Å²) in [5, 5.41) is 86.7. The minimum absolute atomic E-state index is 0.000953. The van der Waals surface area contributed by atoms with Gasteiger partial charge in [0.05, 0.1) is 45.4 Å². The molecule has 0 spiro atoms. The number of aliphatic hydroxyl groups excluding tert-OH is 5. The van der Waals surface area contributed by atoms with Gasteiger partial charge in [-0.25, -0.2) is 18.3 Å². The van der Waals surface area contributed by atoms with Gasteiger partial charge in [0, 0.05) is 45.8 Å². The molecule has 0 aliphatic heterocycles. The molecule has 13 nitrogen and oxygen atoms in total. The van der Waals surface area contributed by atoms with E-state index in [4.69, 9.17) is 0 Å². The average molecular weight is 891 g/mol. The lowest BCUT2D eigenvalue weighted by Gasteiger charge is -2.28. The summed E-state index contributed by atoms with van der Waals surface area (Å²) in [7, 11) is 0. The fraction of sp³-hybridized carbons (Fsp3) is 0.262. The highest BCUT2D eigenvalue weighted by Gasteiger charge is 2.62. The van der Waals surface area contributed by atoms with Gasteiger partial charge in [0.25, 0.3) is 0 Å². The molecule has 8 N–H and O–H groups in total. The second-order valence-corrected chi connectivity index (χ2v) is 15.0. The maximum atomic E-state index is 14.5. The standard InChI is InChI=1S/C21H16F4N2O5.C21H18F4N2O4/c22-12-5-14(11-7-26-27(8-11)19(9-28,10-29)18(30)31)17-13-3-1-2-4-15(13)20(32,16(17)6-12)21(23,24)25;22-13-5-15(12-7-26-27(8-12)19(9-28,10-29)11-30)18-14-3-1-2-4-16(14)20(31,17(18)6-13)21(23,24)25/h1-8,28-29,32H,9-10H2,(H,30,31);1-8,28-31H,9-11H2. The van der Waals surface area contributed by atoms with E-state index in [1.54, 1.807) is 0 Å². The van der Waals surface area contributed by atoms with Crippen LogP contribution in [0.5, 0.6) is 0 Å². The lowest BCUT2D eigenvalue weighted by Crippen LogP contribution is -2.48. The zero-order valence-electron chi connectivity index (χ0n) is 32.1. The van der Waals surface area contributed by atoms with Crippen LogP contribution in [0.25, 0.3) is 44.5 Å². The summed E-state index contributed by atoms with van der Waals surface area (Å²) in [6.07, 6.45) is -5.61. The number of fused-ring (bicyclic) bond motifs is 6. The predicted molar refractivity (Wildman–Crippen MR) is 203 cm³/mol. The number of aliphatic carboxylic acids is 1. The van der Waals surface area contributed by atoms with Crippen molar-refractivity contribution < 1.29 is 80.8 Å². The molecular weight excluding hydrogens is 856 g/mol. The molecule has 8 rings (SSSR count). The number of carboxylic acids is 1. The average Bonchev–Trinajstić information content (AvgIpc) is 4.04. The Morgan fingerprint density at radius 1 is 0.556 bits per heavy atom. The van der Waals surface area contributed by atoms with Crippen molar-refractivity contribution in [3.63, 3.8) is 0 Å². The van der Waals surface area contributed by atoms with Crippen LogP contribution in [0.2, 0.25) is 0 Å². The van der Waals surface area contributed by atoms with E-state index in [9.17, 15) is 80.8 Å². The van der Waals surface area contributed by atoms with Gasteiger partial charge in [-0.1, -0.05) is 48.5 Å². The molecule has 2 unspecified atom stereocenters. The summed E-state index contributed by atoms with van der Waals surface area (Å²) in [5.74, 6) is -3.65. The first-order chi connectivity index (χ1) is 29.6. The van der Waals surface area contributed by atoms with Crippen molar-refractivity contribution in [3.05, 3.63) is 131 Å². The van der Waals surface area contributed by atoms with E-state index in [1.165, 1.54) is 48.8 Å². The van der Waals surface area contributed by atoms with Crippen LogP contribution >= 0.6 is 0 Å². The molecule has 0 saturated heterocycles. The number of nitrogens with zero attached hydrogens (tertiary/aromatic N) is 4. The number of halogens is 8. The third-order valence-corrected chi connectivity index (χ3v) is 11.5. The molecular formula is C42H34F8N4O9. The second-order valence-electron chi connectivity index (χ2n) is 15.0. The van der Waals surface area contributed by atoms with Crippen LogP contribution < -0.4 is 0 Å². The van der Waals surface area contributed by atoms with E-state index in [0.29, 0.717) is 12.1 Å². The van der Waals surface area contributed by atoms with Crippen molar-refractivity contribution in [2.75, 3.05) is 33.0 Å². The normalized spacial score (nSPS) is 18.0. The molecule has 0 fully saturated rings. The highest BCUT2D eigenvalue weighted by atomic mass is 19.4. The largest absolute Gasteiger partial charge is 0.479 e. The molecule has 0 bridgehead atoms. The molecule has 2 aliphatic carbocycles. The lowest BCUT2D eigenvalue weighted by atomic mass is 9.89. The van der Waals surface area contributed by atoms with Crippen LogP contribution in [0.4, 0.5) is 35.1 Å². The summed E-state index contributed by atoms with van der Waals surface area (Å²) in [5.41, 5.74) is -12.7. The molecule has 0 saturated carbocycles. The minimum atomic E-state index is -5.16. The van der Waals surface area contributed by atoms with Gasteiger partial charge in [-0.05, 0) is 57.6 Å². The third kappa shape index (κ3) is 6.61. The van der Waals surface area contributed by atoms with Crippen molar-refractivity contribution in [2.45, 2.75) is 34.6 Å². The highest BCUT2D eigenvalue weighted by Crippen LogP contribution is 2.59. The molecule has 332 valence electrons. The number of hydrogen-bond donors (Lipinski definition) is 8. The maximum Gasteiger partial charge on any atom is 0.425 e. The van der Waals surface area contributed by atoms with Crippen molar-refractivity contribution >= 4 is 5.97 Å². The van der Waals surface area contributed by atoms with Gasteiger partial charge in [-0.3, -0.25) is 4.68 Å². The maximum absolute atomic E-state index is 14.5. The Morgan fingerprint density at radius 3 is 1.30 bits per heavy atom. The summed E-state index contributed by atoms with van der Waals surface area (Å²) in [6.45, 7) is -4.06. The van der Waals surface area contributed by atoms with Crippen molar-refractivity contribution in [3.8, 4) is 44.5 Å². The first kappa shape index (κ1) is 45.0.